The van der Waals surface area contributed by atoms with E-state index in [1.807, 2.05) is 19.9 Å². The third-order valence-electron chi connectivity index (χ3n) is 2.84. The van der Waals surface area contributed by atoms with Crippen LogP contribution in [0.2, 0.25) is 0 Å². The number of hydrogen-bond acceptors (Lipinski definition) is 3. The average molecular weight is 251 g/mol. The van der Waals surface area contributed by atoms with Gasteiger partial charge < -0.3 is 14.8 Å². The average Bonchev–Trinajstić information content (AvgIpc) is 2.40. The Kier molecular flexibility index (Phi) is 7.65. The van der Waals surface area contributed by atoms with Gasteiger partial charge in [-0.15, -0.1) is 0 Å². The Hall–Kier alpha value is -0.900. The van der Waals surface area contributed by atoms with Crippen LogP contribution in [-0.4, -0.2) is 26.0 Å². The molecular formula is C15H25NO2. The molecular weight excluding hydrogens is 226 g/mol. The Bertz CT molecular complexity index is 297. The highest BCUT2D eigenvalue weighted by molar-refractivity contribution is 5.17. The minimum Gasteiger partial charge on any atom is -0.353 e. The van der Waals surface area contributed by atoms with E-state index in [1.165, 1.54) is 5.56 Å². The van der Waals surface area contributed by atoms with Gasteiger partial charge in [0.2, 0.25) is 0 Å². The van der Waals surface area contributed by atoms with Crippen molar-refractivity contribution in [2.24, 2.45) is 0 Å². The van der Waals surface area contributed by atoms with Crippen molar-refractivity contribution >= 4 is 0 Å². The van der Waals surface area contributed by atoms with Gasteiger partial charge in [-0.2, -0.15) is 0 Å². The first-order chi connectivity index (χ1) is 8.77. The minimum absolute atomic E-state index is 0.0875. The molecule has 0 aromatic heterocycles. The van der Waals surface area contributed by atoms with Gasteiger partial charge in [0.25, 0.3) is 0 Å². The van der Waals surface area contributed by atoms with Gasteiger partial charge in [0, 0.05) is 32.2 Å². The monoisotopic (exact) mass is 251 g/mol. The highest BCUT2D eigenvalue weighted by Gasteiger charge is 2.09. The molecule has 1 N–H and O–H groups in total. The zero-order valence-corrected chi connectivity index (χ0v) is 11.7. The first-order valence-electron chi connectivity index (χ1n) is 6.79. The quantitative estimate of drug-likeness (QED) is 0.684. The molecule has 1 aromatic carbocycles. The fraction of sp³-hybridized carbons (Fsp3) is 0.600. The summed E-state index contributed by atoms with van der Waals surface area (Å²) in [7, 11) is 0. The third-order valence-corrected chi connectivity index (χ3v) is 2.84. The van der Waals surface area contributed by atoms with Crippen LogP contribution in [0.15, 0.2) is 30.3 Å². The lowest BCUT2D eigenvalue weighted by Crippen LogP contribution is -2.26. The standard InChI is InChI=1S/C15H25NO2/c1-4-17-15(18-5-2)11-12-16-13(3)14-9-7-6-8-10-14/h6-10,13,15-16H,4-5,11-12H2,1-3H3. The molecule has 0 aliphatic carbocycles. The molecule has 0 amide bonds. The van der Waals surface area contributed by atoms with Crippen LogP contribution in [0.25, 0.3) is 0 Å². The van der Waals surface area contributed by atoms with Gasteiger partial charge in [-0.05, 0) is 26.3 Å². The lowest BCUT2D eigenvalue weighted by atomic mass is 10.1. The van der Waals surface area contributed by atoms with Crippen molar-refractivity contribution in [1.82, 2.24) is 5.32 Å². The maximum absolute atomic E-state index is 5.51. The highest BCUT2D eigenvalue weighted by Crippen LogP contribution is 2.11. The Balaban J connectivity index is 2.27. The van der Waals surface area contributed by atoms with E-state index >= 15 is 0 Å². The Labute approximate surface area is 110 Å². The molecule has 0 heterocycles. The van der Waals surface area contributed by atoms with Crippen LogP contribution in [0, 0.1) is 0 Å². The number of ether oxygens (including phenoxy) is 2. The van der Waals surface area contributed by atoms with Crippen LogP contribution in [-0.2, 0) is 9.47 Å². The smallest absolute Gasteiger partial charge is 0.158 e. The van der Waals surface area contributed by atoms with E-state index in [4.69, 9.17) is 9.47 Å². The van der Waals surface area contributed by atoms with Crippen molar-refractivity contribution in [3.05, 3.63) is 35.9 Å². The molecule has 0 spiro atoms. The van der Waals surface area contributed by atoms with Gasteiger partial charge in [0.1, 0.15) is 0 Å². The Morgan fingerprint density at radius 3 is 2.22 bits per heavy atom. The summed E-state index contributed by atoms with van der Waals surface area (Å²) in [5.41, 5.74) is 1.31. The van der Waals surface area contributed by atoms with E-state index in [0.29, 0.717) is 19.3 Å². The molecule has 18 heavy (non-hydrogen) atoms. The van der Waals surface area contributed by atoms with Gasteiger partial charge >= 0.3 is 0 Å². The highest BCUT2D eigenvalue weighted by atomic mass is 16.7. The molecule has 3 heteroatoms. The molecule has 1 atom stereocenters. The summed E-state index contributed by atoms with van der Waals surface area (Å²) in [6.45, 7) is 8.43. The summed E-state index contributed by atoms with van der Waals surface area (Å²) in [6.07, 6.45) is 0.786. The van der Waals surface area contributed by atoms with Gasteiger partial charge in [0.05, 0.1) is 0 Å². The van der Waals surface area contributed by atoms with Gasteiger partial charge in [0.15, 0.2) is 6.29 Å². The van der Waals surface area contributed by atoms with Crippen molar-refractivity contribution in [1.29, 1.82) is 0 Å². The summed E-state index contributed by atoms with van der Waals surface area (Å²) >= 11 is 0. The number of benzene rings is 1. The van der Waals surface area contributed by atoms with E-state index < -0.39 is 0 Å². The molecule has 102 valence electrons. The lowest BCUT2D eigenvalue weighted by Gasteiger charge is -2.19. The van der Waals surface area contributed by atoms with E-state index in [2.05, 4.69) is 36.5 Å². The van der Waals surface area contributed by atoms with E-state index in [1.54, 1.807) is 0 Å². The zero-order valence-electron chi connectivity index (χ0n) is 11.7. The van der Waals surface area contributed by atoms with Crippen LogP contribution < -0.4 is 5.32 Å². The first-order valence-corrected chi connectivity index (χ1v) is 6.79. The molecule has 1 aromatic rings. The minimum atomic E-state index is -0.0875. The maximum atomic E-state index is 5.51. The number of nitrogens with one attached hydrogen (secondary N) is 1. The van der Waals surface area contributed by atoms with Crippen molar-refractivity contribution in [2.45, 2.75) is 39.5 Å². The van der Waals surface area contributed by atoms with Crippen LogP contribution >= 0.6 is 0 Å². The van der Waals surface area contributed by atoms with Gasteiger partial charge in [-0.1, -0.05) is 30.3 Å². The molecule has 0 saturated heterocycles. The fourth-order valence-corrected chi connectivity index (χ4v) is 1.86. The molecule has 1 rings (SSSR count). The number of rotatable bonds is 9. The Morgan fingerprint density at radius 1 is 1.06 bits per heavy atom. The van der Waals surface area contributed by atoms with E-state index in [-0.39, 0.29) is 6.29 Å². The van der Waals surface area contributed by atoms with Crippen molar-refractivity contribution < 1.29 is 9.47 Å². The summed E-state index contributed by atoms with van der Waals surface area (Å²) in [4.78, 5) is 0. The molecule has 0 aliphatic rings. The summed E-state index contributed by atoms with van der Waals surface area (Å²) in [5.74, 6) is 0. The van der Waals surface area contributed by atoms with Crippen molar-refractivity contribution in [2.75, 3.05) is 19.8 Å². The second-order valence-electron chi connectivity index (χ2n) is 4.22. The summed E-state index contributed by atoms with van der Waals surface area (Å²) in [6, 6.07) is 10.8. The summed E-state index contributed by atoms with van der Waals surface area (Å²) in [5, 5.41) is 3.49. The van der Waals surface area contributed by atoms with Crippen LogP contribution in [0.1, 0.15) is 38.8 Å². The SMILES string of the molecule is CCOC(CCNC(C)c1ccccc1)OCC. The molecule has 0 bridgehead atoms. The van der Waals surface area contributed by atoms with E-state index in [9.17, 15) is 0 Å². The molecule has 0 radical (unpaired) electrons. The van der Waals surface area contributed by atoms with Crippen molar-refractivity contribution in [3.8, 4) is 0 Å². The van der Waals surface area contributed by atoms with E-state index in [0.717, 1.165) is 13.0 Å². The first kappa shape index (κ1) is 15.2. The molecule has 0 aliphatic heterocycles. The largest absolute Gasteiger partial charge is 0.353 e. The van der Waals surface area contributed by atoms with Crippen LogP contribution in [0.3, 0.4) is 0 Å². The van der Waals surface area contributed by atoms with Gasteiger partial charge in [-0.25, -0.2) is 0 Å². The predicted octanol–water partition coefficient (Wildman–Crippen LogP) is 3.13. The van der Waals surface area contributed by atoms with Crippen molar-refractivity contribution in [3.63, 3.8) is 0 Å². The molecule has 0 saturated carbocycles. The molecule has 0 fully saturated rings. The molecule has 3 nitrogen and oxygen atoms in total. The second kappa shape index (κ2) is 9.09. The normalized spacial score (nSPS) is 12.9. The Morgan fingerprint density at radius 2 is 1.67 bits per heavy atom. The summed E-state index contributed by atoms with van der Waals surface area (Å²) < 4.78 is 11.0. The second-order valence-corrected chi connectivity index (χ2v) is 4.22. The maximum Gasteiger partial charge on any atom is 0.158 e. The fourth-order valence-electron chi connectivity index (χ4n) is 1.86. The predicted molar refractivity (Wildman–Crippen MR) is 74.5 cm³/mol. The molecule has 1 unspecified atom stereocenters. The number of hydrogen-bond donors (Lipinski definition) is 1. The lowest BCUT2D eigenvalue weighted by molar-refractivity contribution is -0.138. The van der Waals surface area contributed by atoms with Crippen LogP contribution in [0.4, 0.5) is 0 Å². The van der Waals surface area contributed by atoms with Gasteiger partial charge in [-0.3, -0.25) is 0 Å². The topological polar surface area (TPSA) is 30.5 Å². The zero-order chi connectivity index (χ0) is 13.2. The van der Waals surface area contributed by atoms with Crippen LogP contribution in [0.5, 0.6) is 0 Å². The third kappa shape index (κ3) is 5.63.